The summed E-state index contributed by atoms with van der Waals surface area (Å²) in [7, 11) is 0. The zero-order valence-electron chi connectivity index (χ0n) is 11.1. The monoisotopic (exact) mass is 264 g/mol. The zero-order valence-corrected chi connectivity index (χ0v) is 11.1. The summed E-state index contributed by atoms with van der Waals surface area (Å²) < 4.78 is 0. The van der Waals surface area contributed by atoms with Gasteiger partial charge in [0.05, 0.1) is 0 Å². The van der Waals surface area contributed by atoms with E-state index in [2.05, 4.69) is 20.6 Å². The number of hydrogen-bond donors (Lipinski definition) is 3. The van der Waals surface area contributed by atoms with Gasteiger partial charge in [-0.25, -0.2) is 9.97 Å². The molecule has 1 saturated carbocycles. The van der Waals surface area contributed by atoms with Crippen molar-refractivity contribution in [3.8, 4) is 0 Å². The van der Waals surface area contributed by atoms with Gasteiger partial charge in [0.15, 0.2) is 0 Å². The van der Waals surface area contributed by atoms with E-state index in [0.29, 0.717) is 11.6 Å². The van der Waals surface area contributed by atoms with Gasteiger partial charge in [0.25, 0.3) is 0 Å². The van der Waals surface area contributed by atoms with Crippen molar-refractivity contribution in [1.29, 1.82) is 0 Å². The van der Waals surface area contributed by atoms with Crippen LogP contribution in [0.1, 0.15) is 31.5 Å². The lowest BCUT2D eigenvalue weighted by atomic mass is 9.83. The molecular formula is C13H20N4O2. The van der Waals surface area contributed by atoms with Crippen LogP contribution in [0.2, 0.25) is 0 Å². The van der Waals surface area contributed by atoms with E-state index >= 15 is 0 Å². The molecule has 0 aromatic carbocycles. The predicted molar refractivity (Wildman–Crippen MR) is 73.3 cm³/mol. The van der Waals surface area contributed by atoms with Gasteiger partial charge >= 0.3 is 5.97 Å². The quantitative estimate of drug-likeness (QED) is 0.697. The molecule has 0 radical (unpaired) electrons. The molecule has 3 N–H and O–H groups in total. The molecule has 1 aromatic rings. The Bertz CT molecular complexity index is 446. The summed E-state index contributed by atoms with van der Waals surface area (Å²) in [4.78, 5) is 19.0. The van der Waals surface area contributed by atoms with Crippen molar-refractivity contribution in [2.45, 2.75) is 32.6 Å². The van der Waals surface area contributed by atoms with E-state index < -0.39 is 5.97 Å². The molecule has 6 heteroatoms. The summed E-state index contributed by atoms with van der Waals surface area (Å²) >= 11 is 0. The van der Waals surface area contributed by atoms with E-state index in [1.54, 1.807) is 13.0 Å². The van der Waals surface area contributed by atoms with Gasteiger partial charge in [-0.2, -0.15) is 0 Å². The van der Waals surface area contributed by atoms with Crippen molar-refractivity contribution in [3.05, 3.63) is 11.9 Å². The van der Waals surface area contributed by atoms with E-state index in [0.717, 1.165) is 18.3 Å². The molecule has 6 nitrogen and oxygen atoms in total. The normalized spacial score (nSPS) is 14.8. The molecule has 2 rings (SSSR count). The van der Waals surface area contributed by atoms with Gasteiger partial charge in [-0.05, 0) is 19.3 Å². The molecule has 0 bridgehead atoms. The van der Waals surface area contributed by atoms with Crippen LogP contribution in [-0.4, -0.2) is 34.1 Å². The number of carboxylic acid groups (broad SMARTS) is 1. The fourth-order valence-electron chi connectivity index (χ4n) is 2.10. The lowest BCUT2D eigenvalue weighted by molar-refractivity contribution is -0.134. The summed E-state index contributed by atoms with van der Waals surface area (Å²) in [6, 6.07) is 1.75. The molecule has 0 amide bonds. The first-order valence-corrected chi connectivity index (χ1v) is 6.68. The number of anilines is 2. The van der Waals surface area contributed by atoms with Crippen LogP contribution in [0, 0.1) is 12.8 Å². The average Bonchev–Trinajstić information content (AvgIpc) is 2.29. The second kappa shape index (κ2) is 6.36. The minimum atomic E-state index is -0.907. The Morgan fingerprint density at radius 1 is 1.37 bits per heavy atom. The van der Waals surface area contributed by atoms with Gasteiger partial charge in [-0.1, -0.05) is 19.3 Å². The van der Waals surface area contributed by atoms with Crippen LogP contribution in [0.15, 0.2) is 6.07 Å². The first-order valence-electron chi connectivity index (χ1n) is 6.68. The van der Waals surface area contributed by atoms with E-state index in [1.165, 1.54) is 25.7 Å². The third-order valence-electron chi connectivity index (χ3n) is 3.34. The molecule has 1 aliphatic rings. The lowest BCUT2D eigenvalue weighted by Crippen LogP contribution is -2.17. The maximum absolute atomic E-state index is 10.5. The van der Waals surface area contributed by atoms with Gasteiger partial charge in [0.2, 0.25) is 0 Å². The first kappa shape index (κ1) is 13.6. The Balaban J connectivity index is 1.85. The summed E-state index contributed by atoms with van der Waals surface area (Å²) in [6.07, 6.45) is 5.22. The first-order chi connectivity index (χ1) is 9.13. The molecule has 1 aliphatic carbocycles. The Morgan fingerprint density at radius 3 is 2.63 bits per heavy atom. The Hall–Kier alpha value is -1.85. The molecule has 0 saturated heterocycles. The standard InChI is InChI=1S/C13H20N4O2/c1-9-16-11(14-6-5-10-3-2-4-10)7-12(17-9)15-8-13(18)19/h7,10H,2-6,8H2,1H3,(H,18,19)(H2,14,15,16,17). The van der Waals surface area contributed by atoms with Gasteiger partial charge in [-0.15, -0.1) is 0 Å². The van der Waals surface area contributed by atoms with E-state index in [1.807, 2.05) is 0 Å². The maximum Gasteiger partial charge on any atom is 0.322 e. The second-order valence-corrected chi connectivity index (χ2v) is 4.95. The third kappa shape index (κ3) is 4.39. The number of carboxylic acids is 1. The van der Waals surface area contributed by atoms with Gasteiger partial charge < -0.3 is 15.7 Å². The van der Waals surface area contributed by atoms with E-state index in [9.17, 15) is 4.79 Å². The number of rotatable bonds is 7. The van der Waals surface area contributed by atoms with Crippen LogP contribution in [-0.2, 0) is 4.79 Å². The Morgan fingerprint density at radius 2 is 2.05 bits per heavy atom. The molecule has 19 heavy (non-hydrogen) atoms. The minimum absolute atomic E-state index is 0.141. The van der Waals surface area contributed by atoms with Gasteiger partial charge in [0, 0.05) is 12.6 Å². The highest BCUT2D eigenvalue weighted by atomic mass is 16.4. The van der Waals surface area contributed by atoms with E-state index in [-0.39, 0.29) is 6.54 Å². The molecule has 0 aliphatic heterocycles. The fourth-order valence-corrected chi connectivity index (χ4v) is 2.10. The van der Waals surface area contributed by atoms with Crippen molar-refractivity contribution < 1.29 is 9.90 Å². The largest absolute Gasteiger partial charge is 0.480 e. The van der Waals surface area contributed by atoms with Crippen LogP contribution in [0.3, 0.4) is 0 Å². The van der Waals surface area contributed by atoms with Crippen molar-refractivity contribution in [2.75, 3.05) is 23.7 Å². The molecule has 0 spiro atoms. The second-order valence-electron chi connectivity index (χ2n) is 4.95. The molecule has 0 atom stereocenters. The number of nitrogens with zero attached hydrogens (tertiary/aromatic N) is 2. The molecule has 1 fully saturated rings. The topological polar surface area (TPSA) is 87.1 Å². The van der Waals surface area contributed by atoms with Crippen molar-refractivity contribution in [3.63, 3.8) is 0 Å². The van der Waals surface area contributed by atoms with Gasteiger partial charge in [-0.3, -0.25) is 4.79 Å². The van der Waals surface area contributed by atoms with Crippen LogP contribution in [0.4, 0.5) is 11.6 Å². The Labute approximate surface area is 112 Å². The predicted octanol–water partition coefficient (Wildman–Crippen LogP) is 1.88. The maximum atomic E-state index is 10.5. The summed E-state index contributed by atoms with van der Waals surface area (Å²) in [5.74, 6) is 1.87. The van der Waals surface area contributed by atoms with Crippen LogP contribution in [0.5, 0.6) is 0 Å². The number of aryl methyl sites for hydroxylation is 1. The van der Waals surface area contributed by atoms with Crippen molar-refractivity contribution in [1.82, 2.24) is 9.97 Å². The molecule has 1 heterocycles. The molecular weight excluding hydrogens is 244 g/mol. The zero-order chi connectivity index (χ0) is 13.7. The average molecular weight is 264 g/mol. The van der Waals surface area contributed by atoms with Crippen molar-refractivity contribution >= 4 is 17.6 Å². The number of aromatic nitrogens is 2. The highest BCUT2D eigenvalue weighted by Crippen LogP contribution is 2.29. The van der Waals surface area contributed by atoms with Crippen LogP contribution in [0.25, 0.3) is 0 Å². The summed E-state index contributed by atoms with van der Waals surface area (Å²) in [5, 5.41) is 14.7. The van der Waals surface area contributed by atoms with Crippen molar-refractivity contribution in [2.24, 2.45) is 5.92 Å². The Kier molecular flexibility index (Phi) is 4.54. The number of nitrogens with one attached hydrogen (secondary N) is 2. The van der Waals surface area contributed by atoms with Crippen LogP contribution >= 0.6 is 0 Å². The highest BCUT2D eigenvalue weighted by molar-refractivity contribution is 5.72. The minimum Gasteiger partial charge on any atom is -0.480 e. The smallest absolute Gasteiger partial charge is 0.322 e. The third-order valence-corrected chi connectivity index (χ3v) is 3.34. The number of carbonyl (C=O) groups is 1. The lowest BCUT2D eigenvalue weighted by Gasteiger charge is -2.25. The number of aliphatic carboxylic acids is 1. The SMILES string of the molecule is Cc1nc(NCCC2CCC2)cc(NCC(=O)O)n1. The molecule has 1 aromatic heterocycles. The van der Waals surface area contributed by atoms with E-state index in [4.69, 9.17) is 5.11 Å². The summed E-state index contributed by atoms with van der Waals surface area (Å²) in [5.41, 5.74) is 0. The van der Waals surface area contributed by atoms with Gasteiger partial charge in [0.1, 0.15) is 24.0 Å². The fraction of sp³-hybridized carbons (Fsp3) is 0.615. The van der Waals surface area contributed by atoms with Crippen LogP contribution < -0.4 is 10.6 Å². The summed E-state index contributed by atoms with van der Waals surface area (Å²) in [6.45, 7) is 2.56. The number of hydrogen-bond acceptors (Lipinski definition) is 5. The molecule has 0 unspecified atom stereocenters. The highest BCUT2D eigenvalue weighted by Gasteiger charge is 2.16. The molecule has 104 valence electrons.